The van der Waals surface area contributed by atoms with Crippen molar-refractivity contribution < 1.29 is 0 Å². The molecule has 0 saturated carbocycles. The predicted octanol–water partition coefficient (Wildman–Crippen LogP) is 2.86. The molecule has 0 aromatic heterocycles. The van der Waals surface area contributed by atoms with E-state index in [0.717, 1.165) is 6.42 Å². The van der Waals surface area contributed by atoms with Gasteiger partial charge >= 0.3 is 0 Å². The van der Waals surface area contributed by atoms with Crippen LogP contribution in [0.15, 0.2) is 35.2 Å². The van der Waals surface area contributed by atoms with Crippen LogP contribution in [0.25, 0.3) is 0 Å². The first-order valence-corrected chi connectivity index (χ1v) is 4.98. The molecule has 0 aliphatic rings. The van der Waals surface area contributed by atoms with Gasteiger partial charge in [-0.25, -0.2) is 0 Å². The molecule has 1 aromatic rings. The zero-order chi connectivity index (χ0) is 9.03. The van der Waals surface area contributed by atoms with Crippen molar-refractivity contribution >= 4 is 11.8 Å². The van der Waals surface area contributed by atoms with E-state index in [2.05, 4.69) is 26.0 Å². The van der Waals surface area contributed by atoms with Crippen LogP contribution in [0.3, 0.4) is 0 Å². The SMILES string of the molecule is CC[C@@](C)(N)Sc1ccccc1. The topological polar surface area (TPSA) is 26.0 Å². The van der Waals surface area contributed by atoms with E-state index < -0.39 is 0 Å². The lowest BCUT2D eigenvalue weighted by Gasteiger charge is -2.21. The van der Waals surface area contributed by atoms with E-state index in [4.69, 9.17) is 5.73 Å². The highest BCUT2D eigenvalue weighted by Gasteiger charge is 2.16. The Bertz CT molecular complexity index is 231. The minimum Gasteiger partial charge on any atom is -0.317 e. The lowest BCUT2D eigenvalue weighted by Crippen LogP contribution is -2.30. The van der Waals surface area contributed by atoms with Crippen molar-refractivity contribution in [2.24, 2.45) is 5.73 Å². The summed E-state index contributed by atoms with van der Waals surface area (Å²) in [6.07, 6.45) is 0.979. The van der Waals surface area contributed by atoms with E-state index in [1.807, 2.05) is 18.2 Å². The van der Waals surface area contributed by atoms with E-state index in [1.54, 1.807) is 11.8 Å². The Morgan fingerprint density at radius 2 is 1.92 bits per heavy atom. The Balaban J connectivity index is 2.64. The molecule has 1 rings (SSSR count). The van der Waals surface area contributed by atoms with E-state index >= 15 is 0 Å². The van der Waals surface area contributed by atoms with E-state index in [9.17, 15) is 0 Å². The van der Waals surface area contributed by atoms with Gasteiger partial charge in [-0.3, -0.25) is 0 Å². The molecule has 2 N–H and O–H groups in total. The summed E-state index contributed by atoms with van der Waals surface area (Å²) in [6, 6.07) is 10.3. The van der Waals surface area contributed by atoms with Gasteiger partial charge in [0.1, 0.15) is 0 Å². The molecule has 1 aromatic carbocycles. The van der Waals surface area contributed by atoms with Crippen molar-refractivity contribution in [2.45, 2.75) is 30.0 Å². The summed E-state index contributed by atoms with van der Waals surface area (Å²) < 4.78 is 0. The van der Waals surface area contributed by atoms with Crippen LogP contribution in [0.2, 0.25) is 0 Å². The normalized spacial score (nSPS) is 15.6. The molecule has 0 saturated heterocycles. The molecule has 0 amide bonds. The molecule has 66 valence electrons. The largest absolute Gasteiger partial charge is 0.317 e. The molecule has 1 nitrogen and oxygen atoms in total. The molecular formula is C10H15NS. The Labute approximate surface area is 78.4 Å². The Hall–Kier alpha value is -0.470. The fourth-order valence-corrected chi connectivity index (χ4v) is 1.81. The van der Waals surface area contributed by atoms with Crippen molar-refractivity contribution in [1.82, 2.24) is 0 Å². The van der Waals surface area contributed by atoms with Crippen molar-refractivity contribution in [3.8, 4) is 0 Å². The molecule has 0 radical (unpaired) electrons. The number of thioether (sulfide) groups is 1. The molecule has 0 aliphatic heterocycles. The van der Waals surface area contributed by atoms with Gasteiger partial charge in [-0.05, 0) is 25.5 Å². The third-order valence-corrected chi connectivity index (χ3v) is 3.06. The maximum absolute atomic E-state index is 6.01. The van der Waals surface area contributed by atoms with Gasteiger partial charge < -0.3 is 5.73 Å². The Kier molecular flexibility index (Phi) is 3.18. The van der Waals surface area contributed by atoms with Gasteiger partial charge in [-0.1, -0.05) is 25.1 Å². The fraction of sp³-hybridized carbons (Fsp3) is 0.400. The van der Waals surface area contributed by atoms with Gasteiger partial charge in [0.2, 0.25) is 0 Å². The number of benzene rings is 1. The average molecular weight is 181 g/mol. The average Bonchev–Trinajstić information content (AvgIpc) is 2.06. The van der Waals surface area contributed by atoms with Gasteiger partial charge in [0.25, 0.3) is 0 Å². The first-order chi connectivity index (χ1) is 5.64. The lowest BCUT2D eigenvalue weighted by molar-refractivity contribution is 0.651. The first kappa shape index (κ1) is 9.62. The second kappa shape index (κ2) is 3.97. The van der Waals surface area contributed by atoms with Gasteiger partial charge in [0.15, 0.2) is 0 Å². The standard InChI is InChI=1S/C10H15NS/c1-3-10(2,11)12-9-7-5-4-6-8-9/h4-8H,3,11H2,1-2H3/t10-/m0/s1. The highest BCUT2D eigenvalue weighted by Crippen LogP contribution is 2.30. The molecule has 0 spiro atoms. The fourth-order valence-electron chi connectivity index (χ4n) is 0.830. The molecule has 2 heteroatoms. The third kappa shape index (κ3) is 2.88. The molecule has 0 heterocycles. The summed E-state index contributed by atoms with van der Waals surface area (Å²) >= 11 is 1.72. The zero-order valence-electron chi connectivity index (χ0n) is 7.58. The Morgan fingerprint density at radius 1 is 1.33 bits per heavy atom. The van der Waals surface area contributed by atoms with Crippen LogP contribution in [0.5, 0.6) is 0 Å². The van der Waals surface area contributed by atoms with Crippen molar-refractivity contribution in [3.05, 3.63) is 30.3 Å². The summed E-state index contributed by atoms with van der Waals surface area (Å²) in [5.41, 5.74) is 6.01. The first-order valence-electron chi connectivity index (χ1n) is 4.17. The van der Waals surface area contributed by atoms with Gasteiger partial charge in [0.05, 0.1) is 4.87 Å². The third-order valence-electron chi connectivity index (χ3n) is 1.80. The number of rotatable bonds is 3. The summed E-state index contributed by atoms with van der Waals surface area (Å²) in [7, 11) is 0. The summed E-state index contributed by atoms with van der Waals surface area (Å²) in [5.74, 6) is 0. The summed E-state index contributed by atoms with van der Waals surface area (Å²) in [4.78, 5) is 1.10. The minimum absolute atomic E-state index is 0.138. The number of hydrogen-bond donors (Lipinski definition) is 1. The van der Waals surface area contributed by atoms with E-state index in [-0.39, 0.29) is 4.87 Å². The zero-order valence-corrected chi connectivity index (χ0v) is 8.40. The molecule has 0 fully saturated rings. The van der Waals surface area contributed by atoms with Crippen molar-refractivity contribution in [1.29, 1.82) is 0 Å². The summed E-state index contributed by atoms with van der Waals surface area (Å²) in [5, 5.41) is 0. The van der Waals surface area contributed by atoms with Crippen molar-refractivity contribution in [3.63, 3.8) is 0 Å². The molecular weight excluding hydrogens is 166 g/mol. The van der Waals surface area contributed by atoms with E-state index in [0.29, 0.717) is 0 Å². The van der Waals surface area contributed by atoms with Crippen LogP contribution < -0.4 is 5.73 Å². The maximum Gasteiger partial charge on any atom is 0.0635 e. The second-order valence-electron chi connectivity index (χ2n) is 3.08. The molecule has 12 heavy (non-hydrogen) atoms. The van der Waals surface area contributed by atoms with Crippen LogP contribution in [0.1, 0.15) is 20.3 Å². The summed E-state index contributed by atoms with van der Waals surface area (Å²) in [6.45, 7) is 4.17. The minimum atomic E-state index is -0.138. The number of nitrogens with two attached hydrogens (primary N) is 1. The Morgan fingerprint density at radius 3 is 2.42 bits per heavy atom. The number of hydrogen-bond acceptors (Lipinski definition) is 2. The maximum atomic E-state index is 6.01. The molecule has 1 atom stereocenters. The van der Waals surface area contributed by atoms with Gasteiger partial charge in [-0.15, -0.1) is 11.8 Å². The molecule has 0 bridgehead atoms. The molecule has 0 aliphatic carbocycles. The quantitative estimate of drug-likeness (QED) is 0.573. The predicted molar refractivity (Wildman–Crippen MR) is 55.2 cm³/mol. The highest BCUT2D eigenvalue weighted by atomic mass is 32.2. The van der Waals surface area contributed by atoms with Crippen LogP contribution in [-0.4, -0.2) is 4.87 Å². The van der Waals surface area contributed by atoms with Crippen molar-refractivity contribution in [2.75, 3.05) is 0 Å². The van der Waals surface area contributed by atoms with Crippen LogP contribution in [0, 0.1) is 0 Å². The smallest absolute Gasteiger partial charge is 0.0635 e. The van der Waals surface area contributed by atoms with E-state index in [1.165, 1.54) is 4.90 Å². The molecule has 0 unspecified atom stereocenters. The van der Waals surface area contributed by atoms with Gasteiger partial charge in [-0.2, -0.15) is 0 Å². The van der Waals surface area contributed by atoms with Crippen LogP contribution in [0.4, 0.5) is 0 Å². The van der Waals surface area contributed by atoms with Crippen LogP contribution >= 0.6 is 11.8 Å². The highest BCUT2D eigenvalue weighted by molar-refractivity contribution is 8.00. The lowest BCUT2D eigenvalue weighted by atomic mass is 10.3. The van der Waals surface area contributed by atoms with Gasteiger partial charge in [0, 0.05) is 4.90 Å². The van der Waals surface area contributed by atoms with Crippen LogP contribution in [-0.2, 0) is 0 Å². The second-order valence-corrected chi connectivity index (χ2v) is 4.69. The monoisotopic (exact) mass is 181 g/mol.